The van der Waals surface area contributed by atoms with Gasteiger partial charge in [0.1, 0.15) is 0 Å². The topological polar surface area (TPSA) is 67.2 Å². The summed E-state index contributed by atoms with van der Waals surface area (Å²) in [5.74, 6) is -0.491. The second-order valence-electron chi connectivity index (χ2n) is 3.56. The molecule has 0 fully saturated rings. The molecule has 0 spiro atoms. The van der Waals surface area contributed by atoms with E-state index in [9.17, 15) is 9.59 Å². The van der Waals surface area contributed by atoms with E-state index in [0.717, 1.165) is 5.56 Å². The largest absolute Gasteiger partial charge is 0.469 e. The van der Waals surface area contributed by atoms with E-state index < -0.39 is 0 Å². The number of carbonyl (C=O) groups is 2. The van der Waals surface area contributed by atoms with Gasteiger partial charge in [-0.1, -0.05) is 36.4 Å². The van der Waals surface area contributed by atoms with E-state index in [2.05, 4.69) is 4.74 Å². The second kappa shape index (κ2) is 7.02. The zero-order chi connectivity index (χ0) is 13.4. The van der Waals surface area contributed by atoms with Crippen molar-refractivity contribution in [2.75, 3.05) is 7.11 Å². The Labute approximate surface area is 105 Å². The summed E-state index contributed by atoms with van der Waals surface area (Å²) in [5, 5.41) is 8.42. The van der Waals surface area contributed by atoms with Gasteiger partial charge in [0, 0.05) is 5.56 Å². The van der Waals surface area contributed by atoms with Crippen LogP contribution in [-0.4, -0.2) is 18.9 Å². The van der Waals surface area contributed by atoms with Crippen LogP contribution in [0, 0.1) is 11.3 Å². The molecule has 0 bridgehead atoms. The molecule has 0 saturated carbocycles. The summed E-state index contributed by atoms with van der Waals surface area (Å²) in [7, 11) is 1.34. The Hall–Kier alpha value is -2.41. The van der Waals surface area contributed by atoms with Crippen LogP contribution in [0.3, 0.4) is 0 Å². The first-order chi connectivity index (χ1) is 8.67. The van der Waals surface area contributed by atoms with Gasteiger partial charge < -0.3 is 4.74 Å². The molecule has 0 unspecified atom stereocenters. The lowest BCUT2D eigenvalue weighted by molar-refractivity contribution is -0.139. The number of nitriles is 1. The maximum absolute atomic E-state index is 11.4. The summed E-state index contributed by atoms with van der Waals surface area (Å²) in [6.07, 6.45) is 3.57. The minimum atomic E-state index is -0.299. The number of benzene rings is 1. The van der Waals surface area contributed by atoms with E-state index in [1.807, 2.05) is 6.07 Å². The van der Waals surface area contributed by atoms with E-state index in [4.69, 9.17) is 5.26 Å². The van der Waals surface area contributed by atoms with E-state index in [1.165, 1.54) is 7.11 Å². The number of hydrogen-bond acceptors (Lipinski definition) is 4. The first-order valence-corrected chi connectivity index (χ1v) is 5.41. The van der Waals surface area contributed by atoms with Gasteiger partial charge in [-0.25, -0.2) is 0 Å². The van der Waals surface area contributed by atoms with Crippen LogP contribution >= 0.6 is 0 Å². The molecule has 4 nitrogen and oxygen atoms in total. The molecule has 1 rings (SSSR count). The molecule has 0 amide bonds. The van der Waals surface area contributed by atoms with Crippen molar-refractivity contribution in [3.63, 3.8) is 0 Å². The predicted molar refractivity (Wildman–Crippen MR) is 66.7 cm³/mol. The van der Waals surface area contributed by atoms with E-state index >= 15 is 0 Å². The molecule has 0 saturated heterocycles. The lowest BCUT2D eigenvalue weighted by Gasteiger charge is -1.98. The van der Waals surface area contributed by atoms with Gasteiger partial charge in [0.2, 0.25) is 0 Å². The summed E-state index contributed by atoms with van der Waals surface area (Å²) < 4.78 is 4.50. The molecule has 0 aromatic heterocycles. The smallest absolute Gasteiger partial charge is 0.309 e. The van der Waals surface area contributed by atoms with Crippen LogP contribution < -0.4 is 0 Å². The van der Waals surface area contributed by atoms with Crippen molar-refractivity contribution in [1.29, 1.82) is 5.26 Å². The third kappa shape index (κ3) is 4.22. The van der Waals surface area contributed by atoms with Gasteiger partial charge in [-0.2, -0.15) is 5.26 Å². The fourth-order valence-electron chi connectivity index (χ4n) is 1.33. The van der Waals surface area contributed by atoms with Crippen molar-refractivity contribution >= 4 is 17.8 Å². The summed E-state index contributed by atoms with van der Waals surface area (Å²) in [6, 6.07) is 8.67. The van der Waals surface area contributed by atoms with Crippen molar-refractivity contribution in [3.8, 4) is 6.07 Å². The molecular formula is C14H13NO3. The van der Waals surface area contributed by atoms with Gasteiger partial charge in [0.15, 0.2) is 5.78 Å². The zero-order valence-electron chi connectivity index (χ0n) is 10.1. The zero-order valence-corrected chi connectivity index (χ0v) is 10.1. The normalized spacial score (nSPS) is 10.0. The molecule has 0 radical (unpaired) electrons. The number of esters is 1. The summed E-state index contributed by atoms with van der Waals surface area (Å²) in [6.45, 7) is 0. The van der Waals surface area contributed by atoms with Crippen LogP contribution in [0.1, 0.15) is 28.8 Å². The van der Waals surface area contributed by atoms with Crippen LogP contribution in [0.2, 0.25) is 0 Å². The monoisotopic (exact) mass is 243 g/mol. The maximum Gasteiger partial charge on any atom is 0.309 e. The molecule has 4 heteroatoms. The van der Waals surface area contributed by atoms with Gasteiger partial charge in [0.05, 0.1) is 26.0 Å². The summed E-state index contributed by atoms with van der Waals surface area (Å²) in [5.41, 5.74) is 1.40. The fraction of sp³-hybridized carbons (Fsp3) is 0.214. The number of Topliss-reactive ketones (excluding diaryl/α,β-unsaturated/α-hetero) is 1. The molecule has 92 valence electrons. The Bertz CT molecular complexity index is 495. The minimum absolute atomic E-state index is 0.114. The minimum Gasteiger partial charge on any atom is -0.469 e. The third-order valence-corrected chi connectivity index (χ3v) is 2.29. The number of carbonyl (C=O) groups excluding carboxylic acids is 2. The van der Waals surface area contributed by atoms with Gasteiger partial charge in [-0.05, 0) is 5.56 Å². The Morgan fingerprint density at radius 3 is 2.56 bits per heavy atom. The summed E-state index contributed by atoms with van der Waals surface area (Å²) >= 11 is 0. The van der Waals surface area contributed by atoms with Gasteiger partial charge in [-0.15, -0.1) is 0 Å². The summed E-state index contributed by atoms with van der Waals surface area (Å²) in [4.78, 5) is 22.3. The highest BCUT2D eigenvalue weighted by Crippen LogP contribution is 2.08. The van der Waals surface area contributed by atoms with E-state index in [1.54, 1.807) is 36.4 Å². The van der Waals surface area contributed by atoms with Crippen molar-refractivity contribution in [2.24, 2.45) is 0 Å². The number of nitrogens with zero attached hydrogens (tertiary/aromatic N) is 1. The van der Waals surface area contributed by atoms with Crippen molar-refractivity contribution in [1.82, 2.24) is 0 Å². The van der Waals surface area contributed by atoms with Gasteiger partial charge in [0.25, 0.3) is 0 Å². The molecule has 1 aromatic rings. The van der Waals surface area contributed by atoms with E-state index in [0.29, 0.717) is 5.56 Å². The fourth-order valence-corrected chi connectivity index (χ4v) is 1.33. The molecular weight excluding hydrogens is 230 g/mol. The number of hydrogen-bond donors (Lipinski definition) is 0. The lowest BCUT2D eigenvalue weighted by Crippen LogP contribution is -1.97. The average molecular weight is 243 g/mol. The Balaban J connectivity index is 2.63. The van der Waals surface area contributed by atoms with Gasteiger partial charge in [-0.3, -0.25) is 9.59 Å². The first-order valence-electron chi connectivity index (χ1n) is 5.41. The van der Waals surface area contributed by atoms with Crippen LogP contribution in [-0.2, 0) is 9.53 Å². The molecule has 0 aliphatic rings. The Morgan fingerprint density at radius 2 is 2.00 bits per heavy atom. The quantitative estimate of drug-likeness (QED) is 0.588. The molecule has 1 aromatic carbocycles. The van der Waals surface area contributed by atoms with Crippen LogP contribution in [0.25, 0.3) is 6.08 Å². The molecule has 18 heavy (non-hydrogen) atoms. The number of ether oxygens (including phenoxy) is 1. The van der Waals surface area contributed by atoms with Gasteiger partial charge >= 0.3 is 5.97 Å². The maximum atomic E-state index is 11.4. The second-order valence-corrected chi connectivity index (χ2v) is 3.56. The molecule has 0 aliphatic heterocycles. The Kier molecular flexibility index (Phi) is 5.33. The standard InChI is InChI=1S/C14H13NO3/c1-18-14(17)4-2-3-11-5-7-12(8-6-11)13(16)9-10-15/h2-3,5-8H,4,9H2,1H3. The number of methoxy groups -OCH3 is 1. The average Bonchev–Trinajstić information content (AvgIpc) is 2.39. The van der Waals surface area contributed by atoms with Crippen molar-refractivity contribution in [2.45, 2.75) is 12.8 Å². The predicted octanol–water partition coefficient (Wildman–Crippen LogP) is 2.36. The van der Waals surface area contributed by atoms with Crippen molar-refractivity contribution in [3.05, 3.63) is 41.5 Å². The molecule has 0 atom stereocenters. The van der Waals surface area contributed by atoms with Crippen LogP contribution in [0.5, 0.6) is 0 Å². The highest BCUT2D eigenvalue weighted by molar-refractivity contribution is 5.97. The van der Waals surface area contributed by atoms with Crippen molar-refractivity contribution < 1.29 is 14.3 Å². The van der Waals surface area contributed by atoms with Crippen LogP contribution in [0.15, 0.2) is 30.3 Å². The highest BCUT2D eigenvalue weighted by atomic mass is 16.5. The number of ketones is 1. The first kappa shape index (κ1) is 13.7. The third-order valence-electron chi connectivity index (χ3n) is 2.29. The SMILES string of the molecule is COC(=O)CC=Cc1ccc(C(=O)CC#N)cc1. The Morgan fingerprint density at radius 1 is 1.33 bits per heavy atom. The highest BCUT2D eigenvalue weighted by Gasteiger charge is 2.03. The molecule has 0 heterocycles. The lowest BCUT2D eigenvalue weighted by atomic mass is 10.1. The number of rotatable bonds is 5. The van der Waals surface area contributed by atoms with Crippen LogP contribution in [0.4, 0.5) is 0 Å². The molecule has 0 aliphatic carbocycles. The van der Waals surface area contributed by atoms with E-state index in [-0.39, 0.29) is 24.6 Å². The molecule has 0 N–H and O–H groups in total.